The van der Waals surface area contributed by atoms with Gasteiger partial charge in [0.2, 0.25) is 0 Å². The van der Waals surface area contributed by atoms with Gasteiger partial charge in [-0.3, -0.25) is 4.79 Å². The molecular formula is C28H38O2. The fourth-order valence-electron chi connectivity index (χ4n) is 4.76. The molecule has 30 heavy (non-hydrogen) atoms. The minimum Gasteiger partial charge on any atom is -0.460 e. The van der Waals surface area contributed by atoms with Gasteiger partial charge in [-0.05, 0) is 85.6 Å². The van der Waals surface area contributed by atoms with Crippen molar-refractivity contribution in [2.24, 2.45) is 17.8 Å². The number of ether oxygens (including phenoxy) is 1. The van der Waals surface area contributed by atoms with Gasteiger partial charge < -0.3 is 4.74 Å². The molecule has 162 valence electrons. The molecule has 0 bridgehead atoms. The zero-order chi connectivity index (χ0) is 22.1. The molecule has 0 amide bonds. The first-order chi connectivity index (χ1) is 14.0. The Labute approximate surface area is 183 Å². The molecule has 2 nitrogen and oxygen atoms in total. The van der Waals surface area contributed by atoms with Crippen molar-refractivity contribution in [1.82, 2.24) is 0 Å². The third-order valence-corrected chi connectivity index (χ3v) is 6.23. The van der Waals surface area contributed by atoms with Crippen LogP contribution < -0.4 is 0 Å². The molecule has 0 aliphatic heterocycles. The Morgan fingerprint density at radius 1 is 1.03 bits per heavy atom. The monoisotopic (exact) mass is 406 g/mol. The minimum absolute atomic E-state index is 0.107. The average Bonchev–Trinajstić information content (AvgIpc) is 2.65. The van der Waals surface area contributed by atoms with Crippen molar-refractivity contribution in [1.29, 1.82) is 0 Å². The van der Waals surface area contributed by atoms with Crippen molar-refractivity contribution in [2.75, 3.05) is 0 Å². The van der Waals surface area contributed by atoms with E-state index in [1.54, 1.807) is 0 Å². The molecule has 2 aliphatic carbocycles. The largest absolute Gasteiger partial charge is 0.460 e. The first kappa shape index (κ1) is 22.6. The molecule has 0 N–H and O–H groups in total. The number of aryl methyl sites for hydroxylation is 1. The first-order valence-electron chi connectivity index (χ1n) is 11.5. The summed E-state index contributed by atoms with van der Waals surface area (Å²) in [6.07, 6.45) is 8.40. The lowest BCUT2D eigenvalue weighted by atomic mass is 9.71. The summed E-state index contributed by atoms with van der Waals surface area (Å²) in [6.45, 7) is 14.9. The smallest absolute Gasteiger partial charge is 0.310 e. The zero-order valence-corrected chi connectivity index (χ0v) is 19.8. The molecule has 0 saturated heterocycles. The summed E-state index contributed by atoms with van der Waals surface area (Å²) in [4.78, 5) is 12.7. The standard InChI is InChI=1S/C28H38O2/c1-18(2)24-15-23(22-13-12-20-10-8-9-11-21(20)14-22)16-25(19(3)4)26(24)17-27(29)30-28(5,6)7/h8-11,14-15,18-19,25H,12-13,16-17H2,1-7H3. The number of esters is 1. The molecule has 0 aromatic heterocycles. The van der Waals surface area contributed by atoms with Gasteiger partial charge in [-0.25, -0.2) is 0 Å². The van der Waals surface area contributed by atoms with Crippen molar-refractivity contribution < 1.29 is 9.53 Å². The van der Waals surface area contributed by atoms with Crippen molar-refractivity contribution >= 4 is 12.0 Å². The third kappa shape index (κ3) is 5.33. The highest BCUT2D eigenvalue weighted by Crippen LogP contribution is 2.43. The van der Waals surface area contributed by atoms with Gasteiger partial charge in [0, 0.05) is 0 Å². The quantitative estimate of drug-likeness (QED) is 0.479. The second kappa shape index (κ2) is 8.96. The van der Waals surface area contributed by atoms with Gasteiger partial charge in [0.25, 0.3) is 0 Å². The van der Waals surface area contributed by atoms with Gasteiger partial charge in [-0.2, -0.15) is 0 Å². The topological polar surface area (TPSA) is 26.3 Å². The molecule has 1 atom stereocenters. The van der Waals surface area contributed by atoms with Crippen molar-refractivity contribution in [3.05, 3.63) is 63.8 Å². The van der Waals surface area contributed by atoms with Crippen LogP contribution >= 0.6 is 0 Å². The van der Waals surface area contributed by atoms with E-state index in [-0.39, 0.29) is 5.97 Å². The Balaban J connectivity index is 1.99. The average molecular weight is 407 g/mol. The number of fused-ring (bicyclic) bond motifs is 1. The molecule has 1 aromatic carbocycles. The van der Waals surface area contributed by atoms with Crippen LogP contribution in [0.5, 0.6) is 0 Å². The molecule has 0 saturated carbocycles. The van der Waals surface area contributed by atoms with Gasteiger partial charge in [-0.15, -0.1) is 0 Å². The van der Waals surface area contributed by atoms with E-state index in [0.717, 1.165) is 19.3 Å². The Bertz CT molecular complexity index is 887. The molecule has 0 radical (unpaired) electrons. The van der Waals surface area contributed by atoms with E-state index in [9.17, 15) is 4.79 Å². The molecule has 2 heteroatoms. The highest BCUT2D eigenvalue weighted by molar-refractivity contribution is 5.74. The number of allylic oxidation sites excluding steroid dienone is 4. The summed E-state index contributed by atoms with van der Waals surface area (Å²) in [5, 5.41) is 0. The maximum atomic E-state index is 12.7. The maximum absolute atomic E-state index is 12.7. The minimum atomic E-state index is -0.446. The molecule has 2 aliphatic rings. The van der Waals surface area contributed by atoms with Crippen LogP contribution in [-0.4, -0.2) is 11.6 Å². The van der Waals surface area contributed by atoms with Gasteiger partial charge in [0.15, 0.2) is 0 Å². The van der Waals surface area contributed by atoms with E-state index in [2.05, 4.69) is 64.1 Å². The normalized spacial score (nSPS) is 19.6. The van der Waals surface area contributed by atoms with Crippen LogP contribution in [0, 0.1) is 17.8 Å². The van der Waals surface area contributed by atoms with Crippen LogP contribution in [0.25, 0.3) is 6.08 Å². The number of hydrogen-bond acceptors (Lipinski definition) is 2. The van der Waals surface area contributed by atoms with E-state index in [4.69, 9.17) is 4.74 Å². The van der Waals surface area contributed by atoms with Gasteiger partial charge in [0.05, 0.1) is 6.42 Å². The molecule has 0 heterocycles. The molecule has 1 unspecified atom stereocenters. The number of rotatable bonds is 5. The predicted molar refractivity (Wildman–Crippen MR) is 126 cm³/mol. The lowest BCUT2D eigenvalue weighted by Crippen LogP contribution is -2.27. The van der Waals surface area contributed by atoms with Crippen molar-refractivity contribution in [2.45, 2.75) is 79.8 Å². The summed E-state index contributed by atoms with van der Waals surface area (Å²) < 4.78 is 5.67. The Kier molecular flexibility index (Phi) is 6.75. The Hall–Kier alpha value is -2.09. The molecule has 0 fully saturated rings. The molecule has 1 aromatic rings. The summed E-state index contributed by atoms with van der Waals surface area (Å²) >= 11 is 0. The molecular weight excluding hydrogens is 368 g/mol. The second-order valence-electron chi connectivity index (χ2n) is 10.5. The summed E-state index contributed by atoms with van der Waals surface area (Å²) in [6, 6.07) is 8.73. The predicted octanol–water partition coefficient (Wildman–Crippen LogP) is 7.30. The maximum Gasteiger partial charge on any atom is 0.310 e. The van der Waals surface area contributed by atoms with E-state index >= 15 is 0 Å². The highest BCUT2D eigenvalue weighted by atomic mass is 16.6. The van der Waals surface area contributed by atoms with Crippen LogP contribution in [0.4, 0.5) is 0 Å². The summed E-state index contributed by atoms with van der Waals surface area (Å²) in [5.41, 5.74) is 7.90. The van der Waals surface area contributed by atoms with Crippen LogP contribution in [0.1, 0.15) is 78.9 Å². The lowest BCUT2D eigenvalue weighted by Gasteiger charge is -2.34. The number of carbonyl (C=O) groups excluding carboxylic acids is 1. The Morgan fingerprint density at radius 3 is 2.37 bits per heavy atom. The van der Waals surface area contributed by atoms with Crippen LogP contribution in [-0.2, 0) is 16.0 Å². The van der Waals surface area contributed by atoms with Crippen molar-refractivity contribution in [3.8, 4) is 0 Å². The number of carbonyl (C=O) groups is 1. The molecule has 0 spiro atoms. The number of benzene rings is 1. The van der Waals surface area contributed by atoms with Crippen LogP contribution in [0.15, 0.2) is 52.6 Å². The number of hydrogen-bond donors (Lipinski definition) is 0. The van der Waals surface area contributed by atoms with Gasteiger partial charge in [-0.1, -0.05) is 69.7 Å². The van der Waals surface area contributed by atoms with E-state index in [1.807, 2.05) is 20.8 Å². The zero-order valence-electron chi connectivity index (χ0n) is 19.8. The highest BCUT2D eigenvalue weighted by Gasteiger charge is 2.31. The fourth-order valence-corrected chi connectivity index (χ4v) is 4.76. The van der Waals surface area contributed by atoms with E-state index in [1.165, 1.54) is 33.4 Å². The summed E-state index contributed by atoms with van der Waals surface area (Å²) in [7, 11) is 0. The van der Waals surface area contributed by atoms with Gasteiger partial charge in [0.1, 0.15) is 5.60 Å². The fraction of sp³-hybridized carbons (Fsp3) is 0.536. The van der Waals surface area contributed by atoms with Gasteiger partial charge >= 0.3 is 5.97 Å². The van der Waals surface area contributed by atoms with E-state index < -0.39 is 5.60 Å². The second-order valence-corrected chi connectivity index (χ2v) is 10.5. The molecule has 3 rings (SSSR count). The van der Waals surface area contributed by atoms with Crippen molar-refractivity contribution in [3.63, 3.8) is 0 Å². The third-order valence-electron chi connectivity index (χ3n) is 6.23. The SMILES string of the molecule is CC(C)C1=C(CC(=O)OC(C)(C)C)C(C(C)C)CC(C2=Cc3ccccc3CC2)=C1. The lowest BCUT2D eigenvalue weighted by molar-refractivity contribution is -0.154. The van der Waals surface area contributed by atoms with Crippen LogP contribution in [0.3, 0.4) is 0 Å². The first-order valence-corrected chi connectivity index (χ1v) is 11.5. The van der Waals surface area contributed by atoms with E-state index in [0.29, 0.717) is 24.2 Å². The summed E-state index contributed by atoms with van der Waals surface area (Å²) in [5.74, 6) is 1.14. The van der Waals surface area contributed by atoms with Crippen LogP contribution in [0.2, 0.25) is 0 Å². The Morgan fingerprint density at radius 2 is 1.73 bits per heavy atom.